The molecular formula is C105H200N2O12. The Labute approximate surface area is 737 Å². The maximum atomic E-state index is 13.3. The number of ether oxygens (including phenoxy) is 8. The molecule has 7 unspecified atom stereocenters. The van der Waals surface area contributed by atoms with Gasteiger partial charge in [0.2, 0.25) is 0 Å². The fraction of sp³-hybridized carbons (Fsp3) is 0.962. The van der Waals surface area contributed by atoms with Crippen LogP contribution in [0.3, 0.4) is 0 Å². The van der Waals surface area contributed by atoms with Crippen molar-refractivity contribution in [1.82, 2.24) is 9.80 Å². The standard InChI is InChI=1S/C105H200N2O12/c1-10-18-45-67-96(68-46-19-11-2)89-102(110)112-85-58-42-34-26-32-40-54-77-104(116-91-98(118-104)73-83-106(16-7)17-8)78-55-41-33-27-35-43-59-86-113-103(111)90-97(69-47-20-12-3)70-60-62-93(9)61-50-51-66-95(65-23-15-6)76-88-115-101(109)72-49-37-29-25-31-39-53-80-105(117-92-99(119-105)74-84-107-81-56-44-57-82-107)79-52-38-30-24-28-36-48-71-100(108)114-87-75-94(63-21-13-4)64-22-14-5/h93-99H,10-92H2,1-9H3. The van der Waals surface area contributed by atoms with Crippen LogP contribution < -0.4 is 0 Å². The van der Waals surface area contributed by atoms with Crippen LogP contribution in [0.2, 0.25) is 0 Å². The Morgan fingerprint density at radius 2 is 0.647 bits per heavy atom. The van der Waals surface area contributed by atoms with Gasteiger partial charge in [0.05, 0.1) is 51.8 Å². The van der Waals surface area contributed by atoms with Gasteiger partial charge in [-0.05, 0) is 171 Å². The molecular weight excluding hydrogens is 1480 g/mol. The number of hydrogen-bond acceptors (Lipinski definition) is 14. The molecule has 3 aliphatic rings. The third-order valence-electron chi connectivity index (χ3n) is 27.4. The average molecular weight is 1680 g/mol. The van der Waals surface area contributed by atoms with Crippen molar-refractivity contribution in [3.05, 3.63) is 0 Å². The lowest BCUT2D eigenvalue weighted by atomic mass is 9.88. The molecule has 0 saturated carbocycles. The number of carbonyl (C=O) groups is 4. The Bertz CT molecular complexity index is 2260. The summed E-state index contributed by atoms with van der Waals surface area (Å²) in [7, 11) is 0. The van der Waals surface area contributed by atoms with Crippen molar-refractivity contribution in [3.63, 3.8) is 0 Å². The number of likely N-dealkylation sites (tertiary alicyclic amines) is 1. The molecule has 14 heteroatoms. The second-order valence-electron chi connectivity index (χ2n) is 38.4. The van der Waals surface area contributed by atoms with Crippen LogP contribution in [0.4, 0.5) is 0 Å². The third kappa shape index (κ3) is 61.6. The first kappa shape index (κ1) is 111. The molecule has 14 nitrogen and oxygen atoms in total. The first-order valence-corrected chi connectivity index (χ1v) is 53.0. The van der Waals surface area contributed by atoms with Crippen molar-refractivity contribution < 1.29 is 57.1 Å². The normalized spacial score (nSPS) is 18.6. The summed E-state index contributed by atoms with van der Waals surface area (Å²) < 4.78 is 50.2. The van der Waals surface area contributed by atoms with Gasteiger partial charge < -0.3 is 47.7 Å². The number of rotatable bonds is 88. The first-order valence-electron chi connectivity index (χ1n) is 53.0. The predicted molar refractivity (Wildman–Crippen MR) is 500 cm³/mol. The molecule has 0 N–H and O–H groups in total. The monoisotopic (exact) mass is 1680 g/mol. The van der Waals surface area contributed by atoms with Gasteiger partial charge in [-0.3, -0.25) is 19.2 Å². The molecule has 0 aromatic rings. The van der Waals surface area contributed by atoms with E-state index in [1.165, 1.54) is 289 Å². The lowest BCUT2D eigenvalue weighted by Crippen LogP contribution is -2.34. The number of unbranched alkanes of at least 4 members (excludes halogenated alkanes) is 34. The van der Waals surface area contributed by atoms with E-state index in [1.807, 2.05) is 0 Å². The number of nitrogens with zero attached hydrogens (tertiary/aromatic N) is 2. The first-order chi connectivity index (χ1) is 58.3. The fourth-order valence-electron chi connectivity index (χ4n) is 19.2. The summed E-state index contributed by atoms with van der Waals surface area (Å²) in [6.07, 6.45) is 81.2. The molecule has 0 spiro atoms. The van der Waals surface area contributed by atoms with Crippen LogP contribution in [0.1, 0.15) is 518 Å². The molecule has 3 aliphatic heterocycles. The smallest absolute Gasteiger partial charge is 0.306 e. The van der Waals surface area contributed by atoms with E-state index in [1.54, 1.807) is 0 Å². The van der Waals surface area contributed by atoms with Gasteiger partial charge in [0.25, 0.3) is 0 Å². The summed E-state index contributed by atoms with van der Waals surface area (Å²) in [5, 5.41) is 0. The third-order valence-corrected chi connectivity index (χ3v) is 27.4. The van der Waals surface area contributed by atoms with Crippen molar-refractivity contribution >= 4 is 23.9 Å². The van der Waals surface area contributed by atoms with Crippen LogP contribution in [-0.4, -0.2) is 136 Å². The van der Waals surface area contributed by atoms with Gasteiger partial charge in [-0.15, -0.1) is 0 Å². The van der Waals surface area contributed by atoms with Crippen LogP contribution in [-0.2, 0) is 57.1 Å². The minimum Gasteiger partial charge on any atom is -0.466 e. The second kappa shape index (κ2) is 77.9. The Balaban J connectivity index is 1.24. The molecule has 119 heavy (non-hydrogen) atoms. The lowest BCUT2D eigenvalue weighted by molar-refractivity contribution is -0.180. The highest BCUT2D eigenvalue weighted by atomic mass is 16.8. The molecule has 702 valence electrons. The zero-order valence-electron chi connectivity index (χ0n) is 80.5. The molecule has 0 amide bonds. The van der Waals surface area contributed by atoms with Gasteiger partial charge in [-0.2, -0.15) is 0 Å². The summed E-state index contributed by atoms with van der Waals surface area (Å²) in [5.74, 6) is 2.08. The van der Waals surface area contributed by atoms with E-state index < -0.39 is 11.6 Å². The van der Waals surface area contributed by atoms with Gasteiger partial charge in [-0.1, -0.05) is 351 Å². The van der Waals surface area contributed by atoms with Crippen molar-refractivity contribution in [2.24, 2.45) is 29.6 Å². The highest BCUT2D eigenvalue weighted by molar-refractivity contribution is 5.70. The molecule has 7 atom stereocenters. The molecule has 0 bridgehead atoms. The Morgan fingerprint density at radius 3 is 1.04 bits per heavy atom. The summed E-state index contributed by atoms with van der Waals surface area (Å²) in [6, 6.07) is 0. The molecule has 0 aliphatic carbocycles. The van der Waals surface area contributed by atoms with Crippen molar-refractivity contribution in [2.45, 2.75) is 542 Å². The van der Waals surface area contributed by atoms with Crippen LogP contribution in [0.15, 0.2) is 0 Å². The number of piperidine rings is 1. The SMILES string of the molecule is CCCCCC(CCCCC)CC(=O)OCCCCCCCCCC1(CCCCCCCCCOC(=O)CC(CCCCC)CCCC(C)CCCCC(CCCC)CCOC(=O)CCCCCCCCCC2(CCCCCCCCCC(=O)OCCC(CCCC)CCCC)OCC(CCN3CCCCC3)O2)OCC(CCN(CC)CC)O1. The molecule has 3 heterocycles. The van der Waals surface area contributed by atoms with E-state index in [0.29, 0.717) is 88.3 Å². The Morgan fingerprint density at radius 1 is 0.328 bits per heavy atom. The topological polar surface area (TPSA) is 149 Å². The fourth-order valence-corrected chi connectivity index (χ4v) is 19.2. The molecule has 0 aromatic heterocycles. The van der Waals surface area contributed by atoms with Gasteiger partial charge in [0.1, 0.15) is 0 Å². The van der Waals surface area contributed by atoms with Crippen LogP contribution in [0.5, 0.6) is 0 Å². The largest absolute Gasteiger partial charge is 0.466 e. The van der Waals surface area contributed by atoms with E-state index in [-0.39, 0.29) is 36.1 Å². The molecule has 3 fully saturated rings. The van der Waals surface area contributed by atoms with Crippen LogP contribution in [0.25, 0.3) is 0 Å². The minimum absolute atomic E-state index is 0.00599. The zero-order valence-corrected chi connectivity index (χ0v) is 80.5. The average Bonchev–Trinajstić information content (AvgIpc) is 1.70. The maximum Gasteiger partial charge on any atom is 0.306 e. The number of esters is 4. The van der Waals surface area contributed by atoms with E-state index >= 15 is 0 Å². The van der Waals surface area contributed by atoms with E-state index in [0.717, 1.165) is 187 Å². The van der Waals surface area contributed by atoms with E-state index in [4.69, 9.17) is 37.9 Å². The quantitative estimate of drug-likeness (QED) is 0.0323. The van der Waals surface area contributed by atoms with E-state index in [2.05, 4.69) is 72.1 Å². The highest BCUT2D eigenvalue weighted by Gasteiger charge is 2.42. The molecule has 3 saturated heterocycles. The van der Waals surface area contributed by atoms with E-state index in [9.17, 15) is 19.2 Å². The van der Waals surface area contributed by atoms with Crippen molar-refractivity contribution in [2.75, 3.05) is 78.9 Å². The van der Waals surface area contributed by atoms with Crippen molar-refractivity contribution in [1.29, 1.82) is 0 Å². The van der Waals surface area contributed by atoms with Crippen LogP contribution >= 0.6 is 0 Å². The Hall–Kier alpha value is -2.36. The molecule has 3 rings (SSSR count). The maximum absolute atomic E-state index is 13.3. The van der Waals surface area contributed by atoms with Gasteiger partial charge in [-0.25, -0.2) is 0 Å². The second-order valence-corrected chi connectivity index (χ2v) is 38.4. The molecule has 0 radical (unpaired) electrons. The number of carbonyl (C=O) groups excluding carboxylic acids is 4. The Kier molecular flexibility index (Phi) is 72.6. The minimum atomic E-state index is -0.435. The van der Waals surface area contributed by atoms with Crippen LogP contribution in [0, 0.1) is 29.6 Å². The molecule has 0 aromatic carbocycles. The summed E-state index contributed by atoms with van der Waals surface area (Å²) in [6.45, 7) is 31.0. The number of hydrogen-bond donors (Lipinski definition) is 0. The van der Waals surface area contributed by atoms with Gasteiger partial charge in [0.15, 0.2) is 11.6 Å². The summed E-state index contributed by atoms with van der Waals surface area (Å²) in [4.78, 5) is 56.5. The predicted octanol–water partition coefficient (Wildman–Crippen LogP) is 30.0. The highest BCUT2D eigenvalue weighted by Crippen LogP contribution is 2.39. The zero-order chi connectivity index (χ0) is 85.9. The van der Waals surface area contributed by atoms with Gasteiger partial charge in [0, 0.05) is 64.5 Å². The van der Waals surface area contributed by atoms with Gasteiger partial charge >= 0.3 is 23.9 Å². The lowest BCUT2D eigenvalue weighted by Gasteiger charge is -2.30. The summed E-state index contributed by atoms with van der Waals surface area (Å²) >= 11 is 0. The van der Waals surface area contributed by atoms with Crippen molar-refractivity contribution in [3.8, 4) is 0 Å². The summed E-state index contributed by atoms with van der Waals surface area (Å²) in [5.41, 5.74) is 0.